The Kier molecular flexibility index (Phi) is 4.87. The summed E-state index contributed by atoms with van der Waals surface area (Å²) in [5.41, 5.74) is 1.10. The van der Waals surface area contributed by atoms with Crippen LogP contribution < -0.4 is 9.46 Å². The average molecular weight is 323 g/mol. The van der Waals surface area contributed by atoms with Crippen LogP contribution in [0.3, 0.4) is 0 Å². The van der Waals surface area contributed by atoms with Crippen LogP contribution in [0, 0.1) is 13.8 Å². The lowest BCUT2D eigenvalue weighted by Crippen LogP contribution is -2.37. The molecule has 0 fully saturated rings. The maximum absolute atomic E-state index is 12.5. The minimum absolute atomic E-state index is 0.238. The van der Waals surface area contributed by atoms with Gasteiger partial charge in [0.15, 0.2) is 0 Å². The van der Waals surface area contributed by atoms with Crippen molar-refractivity contribution < 1.29 is 13.2 Å². The van der Waals surface area contributed by atoms with E-state index in [-0.39, 0.29) is 17.5 Å². The van der Waals surface area contributed by atoms with Crippen molar-refractivity contribution in [3.63, 3.8) is 0 Å². The van der Waals surface area contributed by atoms with Crippen molar-refractivity contribution in [3.05, 3.63) is 41.7 Å². The summed E-state index contributed by atoms with van der Waals surface area (Å²) >= 11 is 0. The Morgan fingerprint density at radius 2 is 1.91 bits per heavy atom. The van der Waals surface area contributed by atoms with E-state index in [1.165, 1.54) is 0 Å². The van der Waals surface area contributed by atoms with Gasteiger partial charge in [-0.1, -0.05) is 18.2 Å². The molecule has 22 heavy (non-hydrogen) atoms. The zero-order valence-electron chi connectivity index (χ0n) is 13.2. The number of ether oxygens (including phenoxy) is 1. The molecule has 2 aromatic rings. The summed E-state index contributed by atoms with van der Waals surface area (Å²) in [5.74, 6) is 0.710. The third-order valence-electron chi connectivity index (χ3n) is 3.31. The molecule has 0 saturated heterocycles. The van der Waals surface area contributed by atoms with E-state index in [4.69, 9.17) is 4.74 Å². The van der Waals surface area contributed by atoms with Crippen LogP contribution in [0.1, 0.15) is 18.3 Å². The van der Waals surface area contributed by atoms with Gasteiger partial charge in [-0.05, 0) is 32.9 Å². The van der Waals surface area contributed by atoms with Gasteiger partial charge in [0, 0.05) is 7.05 Å². The van der Waals surface area contributed by atoms with Crippen molar-refractivity contribution in [1.82, 2.24) is 14.5 Å². The summed E-state index contributed by atoms with van der Waals surface area (Å²) < 4.78 is 34.7. The van der Waals surface area contributed by atoms with Gasteiger partial charge in [-0.25, -0.2) is 13.1 Å². The molecule has 0 unspecified atom stereocenters. The molecule has 1 aromatic heterocycles. The van der Waals surface area contributed by atoms with Crippen LogP contribution in [-0.4, -0.2) is 30.8 Å². The van der Waals surface area contributed by atoms with Crippen LogP contribution in [-0.2, 0) is 17.1 Å². The highest BCUT2D eigenvalue weighted by molar-refractivity contribution is 7.89. The number of hydrogen-bond acceptors (Lipinski definition) is 4. The van der Waals surface area contributed by atoms with E-state index in [2.05, 4.69) is 9.82 Å². The van der Waals surface area contributed by atoms with Crippen LogP contribution >= 0.6 is 0 Å². The Hall–Kier alpha value is -1.86. The molecule has 0 saturated carbocycles. The Morgan fingerprint density at radius 3 is 2.45 bits per heavy atom. The molecule has 0 amide bonds. The number of sulfonamides is 1. The number of aryl methyl sites for hydroxylation is 2. The number of nitrogens with one attached hydrogen (secondary N) is 1. The van der Waals surface area contributed by atoms with Crippen molar-refractivity contribution in [3.8, 4) is 5.75 Å². The van der Waals surface area contributed by atoms with Gasteiger partial charge in [-0.2, -0.15) is 5.10 Å². The minimum atomic E-state index is -3.62. The number of rotatable bonds is 6. The number of para-hydroxylation sites is 1. The van der Waals surface area contributed by atoms with Gasteiger partial charge < -0.3 is 4.74 Å². The Morgan fingerprint density at radius 1 is 1.27 bits per heavy atom. The monoisotopic (exact) mass is 323 g/mol. The van der Waals surface area contributed by atoms with Gasteiger partial charge in [-0.15, -0.1) is 0 Å². The smallest absolute Gasteiger partial charge is 0.244 e. The van der Waals surface area contributed by atoms with Gasteiger partial charge in [0.05, 0.1) is 17.4 Å². The van der Waals surface area contributed by atoms with Crippen molar-refractivity contribution in [2.75, 3.05) is 6.61 Å². The molecule has 2 rings (SSSR count). The number of aromatic nitrogens is 2. The minimum Gasteiger partial charge on any atom is -0.492 e. The van der Waals surface area contributed by atoms with Gasteiger partial charge in [-0.3, -0.25) is 4.68 Å². The maximum atomic E-state index is 12.5. The van der Waals surface area contributed by atoms with Crippen molar-refractivity contribution >= 4 is 10.0 Å². The molecular formula is C15H21N3O3S. The van der Waals surface area contributed by atoms with Gasteiger partial charge >= 0.3 is 0 Å². The molecule has 0 aliphatic rings. The normalized spacial score (nSPS) is 13.1. The summed E-state index contributed by atoms with van der Waals surface area (Å²) in [6.45, 7) is 5.44. The highest BCUT2D eigenvalue weighted by Gasteiger charge is 2.25. The first-order chi connectivity index (χ1) is 10.3. The van der Waals surface area contributed by atoms with Crippen LogP contribution in [0.4, 0.5) is 0 Å². The van der Waals surface area contributed by atoms with Gasteiger partial charge in [0.25, 0.3) is 0 Å². The van der Waals surface area contributed by atoms with Crippen LogP contribution in [0.5, 0.6) is 5.75 Å². The van der Waals surface area contributed by atoms with E-state index in [9.17, 15) is 8.42 Å². The molecule has 0 radical (unpaired) electrons. The fraction of sp³-hybridized carbons (Fsp3) is 0.400. The quantitative estimate of drug-likeness (QED) is 0.879. The molecule has 1 atom stereocenters. The van der Waals surface area contributed by atoms with Crippen LogP contribution in [0.25, 0.3) is 0 Å². The Bertz CT molecular complexity index is 739. The molecule has 0 aliphatic heterocycles. The molecule has 1 aromatic carbocycles. The zero-order valence-corrected chi connectivity index (χ0v) is 14.0. The molecule has 120 valence electrons. The maximum Gasteiger partial charge on any atom is 0.244 e. The Balaban J connectivity index is 2.05. The van der Waals surface area contributed by atoms with E-state index in [1.54, 1.807) is 32.5 Å². The van der Waals surface area contributed by atoms with Crippen LogP contribution in [0.15, 0.2) is 35.2 Å². The predicted octanol–water partition coefficient (Wildman–Crippen LogP) is 1.78. The van der Waals surface area contributed by atoms with Crippen molar-refractivity contribution in [2.45, 2.75) is 31.7 Å². The standard InChI is InChI=1S/C15H21N3O3S/c1-11(10-21-14-8-6-5-7-9-14)17-22(19,20)15-12(2)16-18(4)13(15)3/h5-9,11,17H,10H2,1-4H3/t11-/m1/s1. The first-order valence-electron chi connectivity index (χ1n) is 7.01. The highest BCUT2D eigenvalue weighted by atomic mass is 32.2. The molecule has 1 heterocycles. The van der Waals surface area contributed by atoms with E-state index in [0.717, 1.165) is 0 Å². The van der Waals surface area contributed by atoms with E-state index in [0.29, 0.717) is 17.1 Å². The first-order valence-corrected chi connectivity index (χ1v) is 8.50. The summed E-state index contributed by atoms with van der Waals surface area (Å²) in [6, 6.07) is 8.93. The molecule has 6 nitrogen and oxygen atoms in total. The number of benzene rings is 1. The van der Waals surface area contributed by atoms with Crippen LogP contribution in [0.2, 0.25) is 0 Å². The second-order valence-corrected chi connectivity index (χ2v) is 6.92. The molecule has 0 spiro atoms. The lowest BCUT2D eigenvalue weighted by Gasteiger charge is -2.15. The lowest BCUT2D eigenvalue weighted by molar-refractivity contribution is 0.287. The first kappa shape index (κ1) is 16.5. The highest BCUT2D eigenvalue weighted by Crippen LogP contribution is 2.18. The molecular weight excluding hydrogens is 302 g/mol. The second kappa shape index (κ2) is 6.50. The Labute approximate surface area is 131 Å². The fourth-order valence-corrected chi connectivity index (χ4v) is 3.91. The molecule has 1 N–H and O–H groups in total. The van der Waals surface area contributed by atoms with Crippen molar-refractivity contribution in [2.24, 2.45) is 7.05 Å². The number of nitrogens with zero attached hydrogens (tertiary/aromatic N) is 2. The predicted molar refractivity (Wildman–Crippen MR) is 84.4 cm³/mol. The largest absolute Gasteiger partial charge is 0.492 e. The fourth-order valence-electron chi connectivity index (χ4n) is 2.24. The van der Waals surface area contributed by atoms with Gasteiger partial charge in [0.1, 0.15) is 17.3 Å². The third-order valence-corrected chi connectivity index (χ3v) is 5.15. The topological polar surface area (TPSA) is 73.2 Å². The number of hydrogen-bond donors (Lipinski definition) is 1. The summed E-state index contributed by atoms with van der Waals surface area (Å²) in [7, 11) is -1.89. The van der Waals surface area contributed by atoms with E-state index >= 15 is 0 Å². The molecule has 0 aliphatic carbocycles. The third kappa shape index (κ3) is 3.66. The van der Waals surface area contributed by atoms with E-state index < -0.39 is 10.0 Å². The van der Waals surface area contributed by atoms with Crippen molar-refractivity contribution in [1.29, 1.82) is 0 Å². The second-order valence-electron chi connectivity index (χ2n) is 5.27. The SMILES string of the molecule is Cc1nn(C)c(C)c1S(=O)(=O)N[C@H](C)COc1ccccc1. The zero-order chi connectivity index (χ0) is 16.3. The molecule has 0 bridgehead atoms. The average Bonchev–Trinajstić information content (AvgIpc) is 2.71. The molecule has 7 heteroatoms. The summed E-state index contributed by atoms with van der Waals surface area (Å²) in [4.78, 5) is 0.238. The van der Waals surface area contributed by atoms with E-state index in [1.807, 2.05) is 30.3 Å². The summed E-state index contributed by atoms with van der Waals surface area (Å²) in [5, 5.41) is 4.14. The van der Waals surface area contributed by atoms with Gasteiger partial charge in [0.2, 0.25) is 10.0 Å². The lowest BCUT2D eigenvalue weighted by atomic mass is 10.3. The summed E-state index contributed by atoms with van der Waals surface area (Å²) in [6.07, 6.45) is 0.